The predicted molar refractivity (Wildman–Crippen MR) is 112 cm³/mol. The zero-order valence-electron chi connectivity index (χ0n) is 18.6. The SMILES string of the molecule is COC(=O)CCCC1CCC2C3C(O)CC4CC(C)CCC4(C)C3CCC12C. The molecule has 3 nitrogen and oxygen atoms in total. The van der Waals surface area contributed by atoms with Crippen molar-refractivity contribution >= 4 is 5.97 Å². The van der Waals surface area contributed by atoms with Crippen LogP contribution in [-0.4, -0.2) is 24.3 Å². The maximum absolute atomic E-state index is 11.5. The first kappa shape index (κ1) is 20.7. The maximum Gasteiger partial charge on any atom is 0.305 e. The number of aliphatic hydroxyl groups excluding tert-OH is 1. The number of aliphatic hydroxyl groups is 1. The first-order valence-electron chi connectivity index (χ1n) is 12.0. The molecule has 9 atom stereocenters. The van der Waals surface area contributed by atoms with Crippen LogP contribution in [0.25, 0.3) is 0 Å². The number of hydrogen-bond donors (Lipinski definition) is 1. The minimum Gasteiger partial charge on any atom is -0.469 e. The number of rotatable bonds is 4. The molecule has 160 valence electrons. The van der Waals surface area contributed by atoms with E-state index in [9.17, 15) is 9.90 Å². The molecule has 3 heteroatoms. The van der Waals surface area contributed by atoms with Crippen molar-refractivity contribution in [1.29, 1.82) is 0 Å². The van der Waals surface area contributed by atoms with Gasteiger partial charge < -0.3 is 9.84 Å². The molecule has 4 fully saturated rings. The molecular formula is C25H42O3. The first-order valence-corrected chi connectivity index (χ1v) is 12.0. The van der Waals surface area contributed by atoms with Crippen molar-refractivity contribution in [3.05, 3.63) is 0 Å². The molecule has 28 heavy (non-hydrogen) atoms. The number of carbonyl (C=O) groups excluding carboxylic acids is 1. The van der Waals surface area contributed by atoms with Gasteiger partial charge in [-0.2, -0.15) is 0 Å². The Labute approximate surface area is 172 Å². The van der Waals surface area contributed by atoms with Gasteiger partial charge in [-0.05, 0) is 104 Å². The largest absolute Gasteiger partial charge is 0.469 e. The van der Waals surface area contributed by atoms with E-state index in [4.69, 9.17) is 4.74 Å². The van der Waals surface area contributed by atoms with Gasteiger partial charge in [-0.3, -0.25) is 4.79 Å². The van der Waals surface area contributed by atoms with E-state index in [1.54, 1.807) is 0 Å². The third-order valence-corrected chi connectivity index (χ3v) is 10.3. The second-order valence-electron chi connectivity index (χ2n) is 11.5. The lowest BCUT2D eigenvalue weighted by Gasteiger charge is -2.62. The fourth-order valence-electron chi connectivity index (χ4n) is 8.62. The van der Waals surface area contributed by atoms with Crippen LogP contribution in [0.2, 0.25) is 0 Å². The summed E-state index contributed by atoms with van der Waals surface area (Å²) >= 11 is 0. The van der Waals surface area contributed by atoms with Gasteiger partial charge in [0.25, 0.3) is 0 Å². The van der Waals surface area contributed by atoms with Crippen LogP contribution in [0, 0.1) is 46.3 Å². The van der Waals surface area contributed by atoms with E-state index in [0.29, 0.717) is 35.0 Å². The molecule has 0 saturated heterocycles. The summed E-state index contributed by atoms with van der Waals surface area (Å²) in [4.78, 5) is 11.5. The molecule has 4 aliphatic rings. The summed E-state index contributed by atoms with van der Waals surface area (Å²) < 4.78 is 4.83. The number of carbonyl (C=O) groups is 1. The number of esters is 1. The van der Waals surface area contributed by atoms with Crippen molar-refractivity contribution in [1.82, 2.24) is 0 Å². The fourth-order valence-corrected chi connectivity index (χ4v) is 8.62. The molecule has 0 aromatic carbocycles. The highest BCUT2D eigenvalue weighted by atomic mass is 16.5. The average Bonchev–Trinajstić information content (AvgIpc) is 2.99. The molecule has 0 aliphatic heterocycles. The minimum absolute atomic E-state index is 0.0726. The average molecular weight is 391 g/mol. The molecular weight excluding hydrogens is 348 g/mol. The van der Waals surface area contributed by atoms with Gasteiger partial charge in [0.1, 0.15) is 0 Å². The van der Waals surface area contributed by atoms with Crippen molar-refractivity contribution in [3.8, 4) is 0 Å². The van der Waals surface area contributed by atoms with Crippen LogP contribution in [0.1, 0.15) is 91.4 Å². The van der Waals surface area contributed by atoms with Gasteiger partial charge >= 0.3 is 5.97 Å². The molecule has 0 radical (unpaired) electrons. The van der Waals surface area contributed by atoms with Crippen molar-refractivity contribution in [2.75, 3.05) is 7.11 Å². The summed E-state index contributed by atoms with van der Waals surface area (Å²) in [7, 11) is 1.49. The molecule has 0 heterocycles. The van der Waals surface area contributed by atoms with E-state index < -0.39 is 0 Å². The fraction of sp³-hybridized carbons (Fsp3) is 0.960. The van der Waals surface area contributed by atoms with Crippen LogP contribution in [0.4, 0.5) is 0 Å². The van der Waals surface area contributed by atoms with Gasteiger partial charge in [-0.25, -0.2) is 0 Å². The van der Waals surface area contributed by atoms with E-state index in [2.05, 4.69) is 20.8 Å². The first-order chi connectivity index (χ1) is 13.3. The summed E-state index contributed by atoms with van der Waals surface area (Å²) in [5, 5.41) is 11.3. The second-order valence-corrected chi connectivity index (χ2v) is 11.5. The molecule has 0 bridgehead atoms. The highest BCUT2D eigenvalue weighted by Crippen LogP contribution is 2.68. The molecule has 0 spiro atoms. The molecule has 0 aromatic rings. The minimum atomic E-state index is -0.0909. The molecule has 4 aliphatic carbocycles. The lowest BCUT2D eigenvalue weighted by molar-refractivity contribution is -0.167. The Hall–Kier alpha value is -0.570. The van der Waals surface area contributed by atoms with Gasteiger partial charge in [0, 0.05) is 6.42 Å². The molecule has 4 rings (SSSR count). The lowest BCUT2D eigenvalue weighted by atomic mass is 9.43. The van der Waals surface area contributed by atoms with E-state index >= 15 is 0 Å². The number of fused-ring (bicyclic) bond motifs is 5. The zero-order valence-corrected chi connectivity index (χ0v) is 18.6. The topological polar surface area (TPSA) is 46.5 Å². The Morgan fingerprint density at radius 1 is 1.04 bits per heavy atom. The number of hydrogen-bond acceptors (Lipinski definition) is 3. The summed E-state index contributed by atoms with van der Waals surface area (Å²) in [5.74, 6) is 4.13. The highest BCUT2D eigenvalue weighted by Gasteiger charge is 2.62. The number of ether oxygens (including phenoxy) is 1. The Balaban J connectivity index is 1.49. The molecule has 1 N–H and O–H groups in total. The van der Waals surface area contributed by atoms with Crippen molar-refractivity contribution in [2.45, 2.75) is 97.5 Å². The van der Waals surface area contributed by atoms with E-state index in [1.165, 1.54) is 52.1 Å². The summed E-state index contributed by atoms with van der Waals surface area (Å²) in [5.41, 5.74) is 0.824. The van der Waals surface area contributed by atoms with Crippen LogP contribution in [-0.2, 0) is 9.53 Å². The van der Waals surface area contributed by atoms with Gasteiger partial charge in [-0.15, -0.1) is 0 Å². The third kappa shape index (κ3) is 3.24. The molecule has 4 saturated carbocycles. The van der Waals surface area contributed by atoms with Crippen LogP contribution < -0.4 is 0 Å². The predicted octanol–water partition coefficient (Wildman–Crippen LogP) is 5.60. The van der Waals surface area contributed by atoms with Crippen LogP contribution in [0.5, 0.6) is 0 Å². The number of methoxy groups -OCH3 is 1. The summed E-state index contributed by atoms with van der Waals surface area (Å²) in [6.45, 7) is 7.51. The van der Waals surface area contributed by atoms with Gasteiger partial charge in [0.05, 0.1) is 13.2 Å². The van der Waals surface area contributed by atoms with Crippen molar-refractivity contribution in [3.63, 3.8) is 0 Å². The van der Waals surface area contributed by atoms with E-state index in [-0.39, 0.29) is 12.1 Å². The Kier molecular flexibility index (Phi) is 5.61. The highest BCUT2D eigenvalue weighted by molar-refractivity contribution is 5.68. The maximum atomic E-state index is 11.5. The zero-order chi connectivity index (χ0) is 20.1. The molecule has 0 amide bonds. The lowest BCUT2D eigenvalue weighted by Crippen LogP contribution is -2.58. The Bertz CT molecular complexity index is 588. The van der Waals surface area contributed by atoms with Crippen LogP contribution in [0.3, 0.4) is 0 Å². The molecule has 0 aromatic heterocycles. The van der Waals surface area contributed by atoms with Gasteiger partial charge in [0.2, 0.25) is 0 Å². The van der Waals surface area contributed by atoms with Gasteiger partial charge in [-0.1, -0.05) is 27.2 Å². The second kappa shape index (κ2) is 7.60. The third-order valence-electron chi connectivity index (χ3n) is 10.3. The van der Waals surface area contributed by atoms with E-state index in [1.807, 2.05) is 0 Å². The standard InChI is InChI=1S/C25H42O3/c1-16-10-12-25(3)18(14-16)15-21(26)23-19-9-8-17(6-5-7-22(27)28-4)24(19,2)13-11-20(23)25/h16-21,23,26H,5-15H2,1-4H3. The van der Waals surface area contributed by atoms with Gasteiger partial charge in [0.15, 0.2) is 0 Å². The smallest absolute Gasteiger partial charge is 0.305 e. The normalized spacial score (nSPS) is 50.4. The Morgan fingerprint density at radius 3 is 2.50 bits per heavy atom. The quantitative estimate of drug-likeness (QED) is 0.636. The van der Waals surface area contributed by atoms with Crippen LogP contribution >= 0.6 is 0 Å². The summed E-state index contributed by atoms with van der Waals surface area (Å²) in [6.07, 6.45) is 12.9. The van der Waals surface area contributed by atoms with E-state index in [0.717, 1.165) is 37.0 Å². The van der Waals surface area contributed by atoms with Crippen molar-refractivity contribution in [2.24, 2.45) is 46.3 Å². The summed E-state index contributed by atoms with van der Waals surface area (Å²) in [6, 6.07) is 0. The Morgan fingerprint density at radius 2 is 1.75 bits per heavy atom. The van der Waals surface area contributed by atoms with Crippen molar-refractivity contribution < 1.29 is 14.6 Å². The monoisotopic (exact) mass is 390 g/mol. The van der Waals surface area contributed by atoms with Crippen LogP contribution in [0.15, 0.2) is 0 Å². The molecule has 9 unspecified atom stereocenters.